The molecule has 0 saturated heterocycles. The van der Waals surface area contributed by atoms with Gasteiger partial charge in [-0.2, -0.15) is 5.10 Å². The number of anilines is 1. The molecule has 0 bridgehead atoms. The van der Waals surface area contributed by atoms with Crippen LogP contribution in [-0.4, -0.2) is 23.2 Å². The van der Waals surface area contributed by atoms with Gasteiger partial charge in [0.25, 0.3) is 10.0 Å². The average molecular weight is 445 g/mol. The first-order valence-corrected chi connectivity index (χ1v) is 12.7. The molecule has 3 aromatic heterocycles. The van der Waals surface area contributed by atoms with Crippen LogP contribution in [0.3, 0.4) is 0 Å². The number of thiazole rings is 1. The van der Waals surface area contributed by atoms with E-state index in [2.05, 4.69) is 14.8 Å². The zero-order chi connectivity index (χ0) is 20.0. The molecule has 0 amide bonds. The number of rotatable bonds is 5. The molecule has 1 aliphatic carbocycles. The van der Waals surface area contributed by atoms with Gasteiger partial charge in [0, 0.05) is 6.20 Å². The van der Waals surface area contributed by atoms with E-state index in [4.69, 9.17) is 0 Å². The summed E-state index contributed by atoms with van der Waals surface area (Å²) in [4.78, 5) is 5.50. The van der Waals surface area contributed by atoms with Gasteiger partial charge in [0.2, 0.25) is 0 Å². The highest BCUT2D eigenvalue weighted by Gasteiger charge is 2.28. The van der Waals surface area contributed by atoms with E-state index in [-0.39, 0.29) is 10.9 Å². The largest absolute Gasteiger partial charge is 0.268 e. The highest BCUT2D eigenvalue weighted by molar-refractivity contribution is 7.93. The van der Waals surface area contributed by atoms with E-state index in [0.29, 0.717) is 10.8 Å². The summed E-state index contributed by atoms with van der Waals surface area (Å²) in [6.07, 6.45) is 6.07. The molecule has 6 nitrogen and oxygen atoms in total. The molecule has 9 heteroatoms. The Morgan fingerprint density at radius 3 is 2.79 bits per heavy atom. The summed E-state index contributed by atoms with van der Waals surface area (Å²) in [7, 11) is -3.82. The van der Waals surface area contributed by atoms with E-state index in [1.165, 1.54) is 22.7 Å². The molecule has 1 saturated carbocycles. The Balaban J connectivity index is 1.55. The number of hydrogen-bond donors (Lipinski definition) is 1. The number of fused-ring (bicyclic) bond motifs is 1. The maximum absolute atomic E-state index is 13.3. The lowest BCUT2D eigenvalue weighted by Crippen LogP contribution is -2.13. The van der Waals surface area contributed by atoms with Gasteiger partial charge in [0.15, 0.2) is 5.13 Å². The fourth-order valence-corrected chi connectivity index (χ4v) is 6.89. The lowest BCUT2D eigenvalue weighted by atomic mass is 10.2. The van der Waals surface area contributed by atoms with Crippen LogP contribution >= 0.6 is 22.7 Å². The van der Waals surface area contributed by atoms with Crippen LogP contribution in [0, 0.1) is 6.92 Å². The number of benzene rings is 1. The van der Waals surface area contributed by atoms with Crippen molar-refractivity contribution in [3.63, 3.8) is 0 Å². The number of hydrogen-bond acceptors (Lipinski definition) is 6. The van der Waals surface area contributed by atoms with Crippen LogP contribution in [0.25, 0.3) is 20.8 Å². The molecule has 0 atom stereocenters. The van der Waals surface area contributed by atoms with E-state index in [0.717, 1.165) is 46.3 Å². The lowest BCUT2D eigenvalue weighted by molar-refractivity contribution is 0.467. The lowest BCUT2D eigenvalue weighted by Gasteiger charge is -2.08. The average Bonchev–Trinajstić information content (AvgIpc) is 3.44. The van der Waals surface area contributed by atoms with Crippen LogP contribution in [0.15, 0.2) is 46.8 Å². The summed E-state index contributed by atoms with van der Waals surface area (Å²) < 4.78 is 32.1. The molecule has 29 heavy (non-hydrogen) atoms. The Morgan fingerprint density at radius 2 is 2.03 bits per heavy atom. The highest BCUT2D eigenvalue weighted by atomic mass is 32.2. The molecule has 1 aromatic carbocycles. The molecule has 1 N–H and O–H groups in total. The first-order valence-electron chi connectivity index (χ1n) is 9.53. The van der Waals surface area contributed by atoms with Crippen molar-refractivity contribution in [1.29, 1.82) is 0 Å². The van der Waals surface area contributed by atoms with Crippen molar-refractivity contribution in [3.05, 3.63) is 47.5 Å². The Kier molecular flexibility index (Phi) is 4.68. The molecule has 0 aliphatic heterocycles. The molecular formula is C20H20N4O2S3. The smallest absolute Gasteiger partial charge is 0.267 e. The quantitative estimate of drug-likeness (QED) is 0.444. The topological polar surface area (TPSA) is 76.9 Å². The van der Waals surface area contributed by atoms with Crippen molar-refractivity contribution < 1.29 is 8.42 Å². The predicted molar refractivity (Wildman–Crippen MR) is 118 cm³/mol. The second-order valence-corrected chi connectivity index (χ2v) is 11.0. The van der Waals surface area contributed by atoms with E-state index >= 15 is 0 Å². The SMILES string of the molecule is Cc1ccc2nc(NS(=O)(=O)c3cn(C4CCCC4)nc3-c3cccs3)sc2c1. The number of thiophene rings is 1. The highest BCUT2D eigenvalue weighted by Crippen LogP contribution is 2.36. The predicted octanol–water partition coefficient (Wildman–Crippen LogP) is 5.45. The first-order chi connectivity index (χ1) is 14.0. The van der Waals surface area contributed by atoms with Gasteiger partial charge in [-0.15, -0.1) is 11.3 Å². The fourth-order valence-electron chi connectivity index (χ4n) is 3.76. The molecule has 0 spiro atoms. The van der Waals surface area contributed by atoms with Crippen molar-refractivity contribution in [2.45, 2.75) is 43.5 Å². The molecule has 150 valence electrons. The third kappa shape index (κ3) is 3.58. The summed E-state index contributed by atoms with van der Waals surface area (Å²) in [5.41, 5.74) is 2.42. The third-order valence-electron chi connectivity index (χ3n) is 5.21. The Bertz CT molecular complexity index is 1270. The molecule has 0 radical (unpaired) electrons. The van der Waals surface area contributed by atoms with Gasteiger partial charge in [0.05, 0.1) is 21.1 Å². The Hall–Kier alpha value is -2.23. The molecule has 3 heterocycles. The van der Waals surface area contributed by atoms with E-state index in [1.54, 1.807) is 6.20 Å². The van der Waals surface area contributed by atoms with Gasteiger partial charge in [-0.3, -0.25) is 9.40 Å². The van der Waals surface area contributed by atoms with Gasteiger partial charge in [-0.1, -0.05) is 36.3 Å². The summed E-state index contributed by atoms with van der Waals surface area (Å²) in [5.74, 6) is 0. The minimum atomic E-state index is -3.82. The molecule has 1 aliphatic rings. The molecule has 0 unspecified atom stereocenters. The van der Waals surface area contributed by atoms with Crippen LogP contribution in [0.5, 0.6) is 0 Å². The van der Waals surface area contributed by atoms with Gasteiger partial charge in [0.1, 0.15) is 10.6 Å². The van der Waals surface area contributed by atoms with Crippen molar-refractivity contribution in [2.24, 2.45) is 0 Å². The third-order valence-corrected chi connectivity index (χ3v) is 8.49. The van der Waals surface area contributed by atoms with Gasteiger partial charge in [-0.25, -0.2) is 13.4 Å². The number of aromatic nitrogens is 3. The number of sulfonamides is 1. The normalized spacial score (nSPS) is 15.3. The van der Waals surface area contributed by atoms with E-state index in [9.17, 15) is 8.42 Å². The van der Waals surface area contributed by atoms with Gasteiger partial charge < -0.3 is 0 Å². The Morgan fingerprint density at radius 1 is 1.21 bits per heavy atom. The molecule has 4 aromatic rings. The van der Waals surface area contributed by atoms with Crippen LogP contribution in [-0.2, 0) is 10.0 Å². The van der Waals surface area contributed by atoms with Gasteiger partial charge >= 0.3 is 0 Å². The number of aryl methyl sites for hydroxylation is 1. The van der Waals surface area contributed by atoms with E-state index < -0.39 is 10.0 Å². The summed E-state index contributed by atoms with van der Waals surface area (Å²) >= 11 is 2.84. The van der Waals surface area contributed by atoms with Crippen molar-refractivity contribution >= 4 is 48.0 Å². The van der Waals surface area contributed by atoms with Crippen LogP contribution in [0.2, 0.25) is 0 Å². The first kappa shape index (κ1) is 18.8. The fraction of sp³-hybridized carbons (Fsp3) is 0.300. The zero-order valence-electron chi connectivity index (χ0n) is 15.8. The number of nitrogens with zero attached hydrogens (tertiary/aromatic N) is 3. The summed E-state index contributed by atoms with van der Waals surface area (Å²) in [5, 5.41) is 6.99. The van der Waals surface area contributed by atoms with Crippen LogP contribution < -0.4 is 4.72 Å². The molecule has 5 rings (SSSR count). The summed E-state index contributed by atoms with van der Waals surface area (Å²) in [6.45, 7) is 2.01. The summed E-state index contributed by atoms with van der Waals surface area (Å²) in [6, 6.07) is 9.98. The number of nitrogens with one attached hydrogen (secondary N) is 1. The van der Waals surface area contributed by atoms with Crippen LogP contribution in [0.4, 0.5) is 5.13 Å². The minimum Gasteiger partial charge on any atom is -0.268 e. The maximum Gasteiger partial charge on any atom is 0.267 e. The maximum atomic E-state index is 13.3. The molecule has 1 fully saturated rings. The van der Waals surface area contributed by atoms with Crippen molar-refractivity contribution in [3.8, 4) is 10.6 Å². The molecular weight excluding hydrogens is 424 g/mol. The van der Waals surface area contributed by atoms with Crippen molar-refractivity contribution in [2.75, 3.05) is 4.72 Å². The van der Waals surface area contributed by atoms with Crippen molar-refractivity contribution in [1.82, 2.24) is 14.8 Å². The Labute approximate surface area is 177 Å². The zero-order valence-corrected chi connectivity index (χ0v) is 18.3. The van der Waals surface area contributed by atoms with Gasteiger partial charge in [-0.05, 0) is 48.9 Å². The second-order valence-electron chi connectivity index (χ2n) is 7.33. The minimum absolute atomic E-state index is 0.210. The van der Waals surface area contributed by atoms with Crippen LogP contribution in [0.1, 0.15) is 37.3 Å². The second kappa shape index (κ2) is 7.23. The monoisotopic (exact) mass is 444 g/mol. The van der Waals surface area contributed by atoms with E-state index in [1.807, 2.05) is 47.3 Å². The standard InChI is InChI=1S/C20H20N4O2S3/c1-13-8-9-15-17(11-13)28-20(21-15)23-29(25,26)18-12-24(14-5-2-3-6-14)22-19(18)16-7-4-10-27-16/h4,7-12,14H,2-3,5-6H2,1H3,(H,21,23).